The van der Waals surface area contributed by atoms with E-state index < -0.39 is 19.6 Å². The van der Waals surface area contributed by atoms with Crippen molar-refractivity contribution in [3.05, 3.63) is 360 Å². The molecule has 4 heteroatoms. The van der Waals surface area contributed by atoms with Gasteiger partial charge < -0.3 is 0 Å². The van der Waals surface area contributed by atoms with E-state index in [0.29, 0.717) is 0 Å². The van der Waals surface area contributed by atoms with Crippen molar-refractivity contribution >= 4 is 84.5 Å². The van der Waals surface area contributed by atoms with Gasteiger partial charge in [0.1, 0.15) is 40.8 Å². The molecule has 0 N–H and O–H groups in total. The fourth-order valence-electron chi connectivity index (χ4n) is 12.7. The van der Waals surface area contributed by atoms with E-state index >= 15 is 0 Å². The Morgan fingerprint density at radius 1 is 0.167 bits per heavy atom. The minimum atomic E-state index is -1.91. The Bertz CT molecular complexity index is 3220. The molecule has 0 saturated carbocycles. The molecule has 0 unspecified atom stereocenters. The van der Waals surface area contributed by atoms with Crippen molar-refractivity contribution in [2.24, 2.45) is 0 Å². The van der Waals surface area contributed by atoms with Crippen LogP contribution in [-0.2, 0) is 0 Å². The normalized spacial score (nSPS) is 11.2. The Kier molecular flexibility index (Phi) is 20.1. The summed E-state index contributed by atoms with van der Waals surface area (Å²) in [4.78, 5) is 0. The van der Waals surface area contributed by atoms with Gasteiger partial charge in [-0.05, 0) is 104 Å². The first-order chi connectivity index (χ1) is 40.4. The smallest absolute Gasteiger partial charge is 0.195 e. The van der Waals surface area contributed by atoms with Crippen molar-refractivity contribution in [1.29, 1.82) is 0 Å². The largest absolute Gasteiger partial charge is 1.00 e. The second-order valence-corrected chi connectivity index (χ2v) is 26.4. The minimum absolute atomic E-state index is 0. The van der Waals surface area contributed by atoms with E-state index in [-0.39, 0.29) is 29.6 Å². The van der Waals surface area contributed by atoms with E-state index in [4.69, 9.17) is 0 Å². The SMILES string of the molecule is Cc1ccc([B-](c2ccc(C)cc2)(c2ccc(C)cc2)c2ccc(C)cc2)cc1.Cc1ccc([B-](c2ccc(C)cc2)(c2ccc(C)cc2)c2ccc(C)cc2)cc1.[Na+].c1ccc([P+](c2ccccc2)(c2ccccc2)c2ccccc2)cc1. The van der Waals surface area contributed by atoms with Crippen molar-refractivity contribution < 1.29 is 29.6 Å². The molecule has 0 aliphatic heterocycles. The molecule has 0 aromatic heterocycles. The van der Waals surface area contributed by atoms with Gasteiger partial charge in [0.25, 0.3) is 0 Å². The van der Waals surface area contributed by atoms with E-state index in [1.54, 1.807) is 0 Å². The minimum Gasteiger partial charge on any atom is -0.195 e. The van der Waals surface area contributed by atoms with Gasteiger partial charge >= 0.3 is 29.6 Å². The van der Waals surface area contributed by atoms with Gasteiger partial charge in [0.15, 0.2) is 0 Å². The molecule has 0 bridgehead atoms. The van der Waals surface area contributed by atoms with Crippen molar-refractivity contribution in [3.63, 3.8) is 0 Å². The second kappa shape index (κ2) is 27.7. The average molecular weight is 1110 g/mol. The van der Waals surface area contributed by atoms with Crippen LogP contribution in [0.5, 0.6) is 0 Å². The van der Waals surface area contributed by atoms with Crippen molar-refractivity contribution in [1.82, 2.24) is 0 Å². The average Bonchev–Trinajstić information content (AvgIpc) is 0.988. The van der Waals surface area contributed by atoms with E-state index in [2.05, 4.69) is 371 Å². The number of rotatable bonds is 12. The molecule has 0 atom stereocenters. The van der Waals surface area contributed by atoms with Crippen LogP contribution in [-0.4, -0.2) is 12.3 Å². The first-order valence-corrected chi connectivity index (χ1v) is 31.2. The Labute approximate surface area is 525 Å². The molecule has 0 nitrogen and oxygen atoms in total. The monoisotopic (exact) mass is 1110 g/mol. The zero-order valence-electron chi connectivity index (χ0n) is 50.6. The maximum absolute atomic E-state index is 2.31. The van der Waals surface area contributed by atoms with Crippen molar-refractivity contribution in [3.8, 4) is 0 Å². The Morgan fingerprint density at radius 2 is 0.286 bits per heavy atom. The van der Waals surface area contributed by atoms with E-state index in [1.807, 2.05) is 0 Å². The fourth-order valence-corrected chi connectivity index (χ4v) is 16.9. The molecule has 12 aromatic rings. The molecule has 0 radical (unpaired) electrons. The predicted molar refractivity (Wildman–Crippen MR) is 369 cm³/mol. The van der Waals surface area contributed by atoms with Crippen LogP contribution < -0.4 is 94.5 Å². The van der Waals surface area contributed by atoms with Crippen LogP contribution in [0.4, 0.5) is 0 Å². The molecule has 0 amide bonds. The molecule has 12 rings (SSSR count). The molecule has 0 fully saturated rings. The van der Waals surface area contributed by atoms with Crippen LogP contribution in [0.1, 0.15) is 44.5 Å². The molecule has 0 saturated heterocycles. The zero-order valence-corrected chi connectivity index (χ0v) is 53.5. The summed E-state index contributed by atoms with van der Waals surface area (Å²) in [6.45, 7) is 17.2. The number of hydrogen-bond donors (Lipinski definition) is 0. The summed E-state index contributed by atoms with van der Waals surface area (Å²) in [5, 5.41) is 5.55. The van der Waals surface area contributed by atoms with Crippen LogP contribution in [0, 0.1) is 55.4 Å². The summed E-state index contributed by atoms with van der Waals surface area (Å²) < 4.78 is 0. The summed E-state index contributed by atoms with van der Waals surface area (Å²) in [6, 6.07) is 117. The van der Waals surface area contributed by atoms with Gasteiger partial charge in [-0.15, -0.1) is 0 Å². The number of aryl methyl sites for hydroxylation is 8. The predicted octanol–water partition coefficient (Wildman–Crippen LogP) is 9.91. The van der Waals surface area contributed by atoms with Gasteiger partial charge in [-0.3, -0.25) is 0 Å². The van der Waals surface area contributed by atoms with Crippen LogP contribution in [0.3, 0.4) is 0 Å². The first-order valence-electron chi connectivity index (χ1n) is 29.4. The number of hydrogen-bond acceptors (Lipinski definition) is 0. The van der Waals surface area contributed by atoms with E-state index in [0.717, 1.165) is 0 Å². The molecular weight excluding hydrogens is 1040 g/mol. The third-order valence-corrected chi connectivity index (χ3v) is 21.5. The van der Waals surface area contributed by atoms with Crippen LogP contribution in [0.25, 0.3) is 0 Å². The summed E-state index contributed by atoms with van der Waals surface area (Å²) >= 11 is 0. The van der Waals surface area contributed by atoms with Gasteiger partial charge in [0.2, 0.25) is 0 Å². The van der Waals surface area contributed by atoms with Gasteiger partial charge in [0, 0.05) is 0 Å². The molecule has 12 aromatic carbocycles. The van der Waals surface area contributed by atoms with Gasteiger partial charge in [-0.25, -0.2) is 0 Å². The first kappa shape index (κ1) is 60.8. The Hall–Kier alpha value is -7.80. The maximum Gasteiger partial charge on any atom is 1.00 e. The van der Waals surface area contributed by atoms with E-state index in [9.17, 15) is 0 Å². The van der Waals surface area contributed by atoms with Gasteiger partial charge in [-0.2, -0.15) is 43.7 Å². The number of benzene rings is 12. The third kappa shape index (κ3) is 12.8. The molecule has 408 valence electrons. The summed E-state index contributed by atoms with van der Waals surface area (Å²) in [5.41, 5.74) is 21.1. The summed E-state index contributed by atoms with van der Waals surface area (Å²) in [7, 11) is -1.91. The van der Waals surface area contributed by atoms with E-state index in [1.165, 1.54) is 109 Å². The molecule has 0 aliphatic carbocycles. The van der Waals surface area contributed by atoms with Gasteiger partial charge in [0.05, 0.1) is 0 Å². The molecule has 84 heavy (non-hydrogen) atoms. The second-order valence-electron chi connectivity index (χ2n) is 23.0. The summed E-state index contributed by atoms with van der Waals surface area (Å²) in [5.74, 6) is 0. The van der Waals surface area contributed by atoms with Crippen LogP contribution in [0.2, 0.25) is 0 Å². The zero-order chi connectivity index (χ0) is 57.8. The molecule has 0 spiro atoms. The van der Waals surface area contributed by atoms with Crippen LogP contribution in [0.15, 0.2) is 315 Å². The molecule has 0 heterocycles. The Morgan fingerprint density at radius 3 is 0.405 bits per heavy atom. The van der Waals surface area contributed by atoms with Gasteiger partial charge in [-0.1, -0.05) is 311 Å². The fraction of sp³-hybridized carbons (Fsp3) is 0.100. The molecule has 0 aliphatic rings. The maximum atomic E-state index is 2.31. The summed E-state index contributed by atoms with van der Waals surface area (Å²) in [6.07, 6.45) is -2.55. The standard InChI is InChI=1S/2C28H28B.C24H20P.Na/c2*1-21-5-13-25(14-6-21)29(26-15-7-22(2)8-16-26,27-17-9-23(3)10-18-27)28-19-11-24(4)12-20-28;1-5-13-21(14-6-1)25(22-15-7-2-8-16-22,23-17-9-3-10-18-23)24-19-11-4-12-20-24;/h2*5-20H,1-4H3;1-20H;/q2*-1;2*+1. The molecular formula is C80H76B2NaP. The third-order valence-electron chi connectivity index (χ3n) is 17.2. The topological polar surface area (TPSA) is 0 Å². The van der Waals surface area contributed by atoms with Crippen LogP contribution >= 0.6 is 7.26 Å². The quantitative estimate of drug-likeness (QED) is 0.0845. The van der Waals surface area contributed by atoms with Crippen molar-refractivity contribution in [2.75, 3.05) is 0 Å². The Balaban J connectivity index is 0.000000151. The van der Waals surface area contributed by atoms with Crippen molar-refractivity contribution in [2.45, 2.75) is 55.4 Å².